The summed E-state index contributed by atoms with van der Waals surface area (Å²) in [4.78, 5) is 0. The molecule has 2 aromatic rings. The molecule has 1 N–H and O–H groups in total. The Bertz CT molecular complexity index is 822. The minimum Gasteiger partial charge on any atom is -0.493 e. The fraction of sp³-hybridized carbons (Fsp3) is 0.391. The van der Waals surface area contributed by atoms with Crippen molar-refractivity contribution < 1.29 is 13.9 Å². The van der Waals surface area contributed by atoms with Crippen LogP contribution in [0.3, 0.4) is 0 Å². The van der Waals surface area contributed by atoms with Crippen LogP contribution in [0.1, 0.15) is 43.2 Å². The topological polar surface area (TPSA) is 30.5 Å². The van der Waals surface area contributed by atoms with Crippen LogP contribution in [0, 0.1) is 5.82 Å². The first-order valence-corrected chi connectivity index (χ1v) is 10.2. The molecule has 0 aliphatic heterocycles. The molecular formula is C23H27ClFNO2. The molecule has 0 saturated carbocycles. The van der Waals surface area contributed by atoms with Crippen molar-refractivity contribution in [3.05, 3.63) is 70.0 Å². The molecule has 0 spiro atoms. The number of halogens is 2. The maximum atomic E-state index is 13.8. The van der Waals surface area contributed by atoms with Crippen molar-refractivity contribution in [3.63, 3.8) is 0 Å². The predicted octanol–water partition coefficient (Wildman–Crippen LogP) is 6.05. The number of benzene rings is 2. The van der Waals surface area contributed by atoms with Crippen LogP contribution in [0.5, 0.6) is 11.5 Å². The highest BCUT2D eigenvalue weighted by atomic mass is 35.5. The van der Waals surface area contributed by atoms with E-state index in [-0.39, 0.29) is 12.4 Å². The summed E-state index contributed by atoms with van der Waals surface area (Å²) in [7, 11) is 1.58. The zero-order chi connectivity index (χ0) is 19.8. The van der Waals surface area contributed by atoms with Crippen LogP contribution in [0.2, 0.25) is 5.02 Å². The predicted molar refractivity (Wildman–Crippen MR) is 112 cm³/mol. The molecular weight excluding hydrogens is 377 g/mol. The Kier molecular flexibility index (Phi) is 7.75. The van der Waals surface area contributed by atoms with E-state index in [4.69, 9.17) is 21.1 Å². The van der Waals surface area contributed by atoms with Gasteiger partial charge in [-0.2, -0.15) is 0 Å². The molecule has 0 amide bonds. The molecule has 0 heterocycles. The van der Waals surface area contributed by atoms with Crippen molar-refractivity contribution in [2.45, 2.75) is 45.3 Å². The second-order valence-corrected chi connectivity index (χ2v) is 7.43. The molecule has 0 fully saturated rings. The van der Waals surface area contributed by atoms with E-state index in [0.717, 1.165) is 18.5 Å². The Balaban J connectivity index is 1.57. The lowest BCUT2D eigenvalue weighted by Gasteiger charge is -2.15. The van der Waals surface area contributed by atoms with E-state index in [1.807, 2.05) is 12.1 Å². The molecule has 0 atom stereocenters. The van der Waals surface area contributed by atoms with Gasteiger partial charge in [-0.3, -0.25) is 0 Å². The van der Waals surface area contributed by atoms with Gasteiger partial charge in [0.15, 0.2) is 11.5 Å². The van der Waals surface area contributed by atoms with Gasteiger partial charge >= 0.3 is 0 Å². The quantitative estimate of drug-likeness (QED) is 0.408. The highest BCUT2D eigenvalue weighted by Crippen LogP contribution is 2.37. The normalized spacial score (nSPS) is 13.9. The lowest BCUT2D eigenvalue weighted by atomic mass is 9.97. The first kappa shape index (κ1) is 20.7. The number of allylic oxidation sites excluding steroid dienone is 1. The van der Waals surface area contributed by atoms with Crippen LogP contribution in [-0.4, -0.2) is 13.7 Å². The first-order chi connectivity index (χ1) is 13.7. The van der Waals surface area contributed by atoms with Crippen molar-refractivity contribution in [1.29, 1.82) is 0 Å². The summed E-state index contributed by atoms with van der Waals surface area (Å²) < 4.78 is 25.0. The molecule has 0 aromatic heterocycles. The highest BCUT2D eigenvalue weighted by Gasteiger charge is 2.13. The SMILES string of the molecule is COc1cc(CNCCC2=CCCCC2)cc(Cl)c1OCc1ccccc1F. The fourth-order valence-corrected chi connectivity index (χ4v) is 3.68. The summed E-state index contributed by atoms with van der Waals surface area (Å²) in [6.07, 6.45) is 8.56. The van der Waals surface area contributed by atoms with E-state index in [1.165, 1.54) is 31.7 Å². The number of rotatable bonds is 9. The molecule has 0 bridgehead atoms. The summed E-state index contributed by atoms with van der Waals surface area (Å²) in [5, 5.41) is 3.93. The zero-order valence-electron chi connectivity index (χ0n) is 16.3. The van der Waals surface area contributed by atoms with E-state index in [1.54, 1.807) is 30.9 Å². The minimum absolute atomic E-state index is 0.0927. The molecule has 2 aromatic carbocycles. The monoisotopic (exact) mass is 403 g/mol. The van der Waals surface area contributed by atoms with Gasteiger partial charge in [-0.25, -0.2) is 4.39 Å². The molecule has 0 saturated heterocycles. The van der Waals surface area contributed by atoms with E-state index >= 15 is 0 Å². The maximum Gasteiger partial charge on any atom is 0.180 e. The molecule has 3 rings (SSSR count). The molecule has 0 unspecified atom stereocenters. The Morgan fingerprint density at radius 3 is 2.79 bits per heavy atom. The smallest absolute Gasteiger partial charge is 0.180 e. The summed E-state index contributed by atoms with van der Waals surface area (Å²) >= 11 is 6.42. The lowest BCUT2D eigenvalue weighted by Crippen LogP contribution is -2.16. The van der Waals surface area contributed by atoms with E-state index in [0.29, 0.717) is 28.6 Å². The summed E-state index contributed by atoms with van der Waals surface area (Å²) in [5.41, 5.74) is 3.06. The largest absolute Gasteiger partial charge is 0.493 e. The minimum atomic E-state index is -0.300. The average molecular weight is 404 g/mol. The molecule has 0 radical (unpaired) electrons. The van der Waals surface area contributed by atoms with Crippen molar-refractivity contribution in [3.8, 4) is 11.5 Å². The van der Waals surface area contributed by atoms with E-state index in [9.17, 15) is 4.39 Å². The third-order valence-electron chi connectivity index (χ3n) is 4.96. The number of ether oxygens (including phenoxy) is 2. The van der Waals surface area contributed by atoms with Gasteiger partial charge in [0.2, 0.25) is 0 Å². The summed E-state index contributed by atoms with van der Waals surface area (Å²) in [6, 6.07) is 10.3. The number of nitrogens with one attached hydrogen (secondary N) is 1. The fourth-order valence-electron chi connectivity index (χ4n) is 3.39. The van der Waals surface area contributed by atoms with Crippen molar-refractivity contribution in [2.24, 2.45) is 0 Å². The van der Waals surface area contributed by atoms with Crippen LogP contribution < -0.4 is 14.8 Å². The van der Waals surface area contributed by atoms with Gasteiger partial charge < -0.3 is 14.8 Å². The number of hydrogen-bond acceptors (Lipinski definition) is 3. The molecule has 5 heteroatoms. The molecule has 28 heavy (non-hydrogen) atoms. The Morgan fingerprint density at radius 1 is 1.18 bits per heavy atom. The van der Waals surface area contributed by atoms with Gasteiger partial charge in [-0.15, -0.1) is 0 Å². The van der Waals surface area contributed by atoms with Crippen molar-refractivity contribution in [1.82, 2.24) is 5.32 Å². The van der Waals surface area contributed by atoms with Gasteiger partial charge in [0.05, 0.1) is 12.1 Å². The Hall–Kier alpha value is -2.04. The number of hydrogen-bond donors (Lipinski definition) is 1. The second-order valence-electron chi connectivity index (χ2n) is 7.02. The zero-order valence-corrected chi connectivity index (χ0v) is 17.0. The maximum absolute atomic E-state index is 13.8. The third-order valence-corrected chi connectivity index (χ3v) is 5.24. The van der Waals surface area contributed by atoms with Gasteiger partial charge in [0.1, 0.15) is 12.4 Å². The summed E-state index contributed by atoms with van der Waals surface area (Å²) in [6.45, 7) is 1.74. The van der Waals surface area contributed by atoms with Gasteiger partial charge in [0.25, 0.3) is 0 Å². The molecule has 3 nitrogen and oxygen atoms in total. The Morgan fingerprint density at radius 2 is 2.04 bits per heavy atom. The highest BCUT2D eigenvalue weighted by molar-refractivity contribution is 6.32. The number of methoxy groups -OCH3 is 1. The Labute approximate surface area is 171 Å². The van der Waals surface area contributed by atoms with Crippen LogP contribution in [0.15, 0.2) is 48.0 Å². The van der Waals surface area contributed by atoms with Crippen LogP contribution >= 0.6 is 11.6 Å². The lowest BCUT2D eigenvalue weighted by molar-refractivity contribution is 0.279. The molecule has 1 aliphatic rings. The molecule has 1 aliphatic carbocycles. The first-order valence-electron chi connectivity index (χ1n) is 9.78. The van der Waals surface area contributed by atoms with E-state index in [2.05, 4.69) is 11.4 Å². The van der Waals surface area contributed by atoms with Gasteiger partial charge in [0, 0.05) is 12.1 Å². The third kappa shape index (κ3) is 5.73. The van der Waals surface area contributed by atoms with Crippen molar-refractivity contribution in [2.75, 3.05) is 13.7 Å². The van der Waals surface area contributed by atoms with Crippen LogP contribution in [-0.2, 0) is 13.2 Å². The van der Waals surface area contributed by atoms with Gasteiger partial charge in [-0.1, -0.05) is 41.4 Å². The van der Waals surface area contributed by atoms with Crippen LogP contribution in [0.25, 0.3) is 0 Å². The standard InChI is InChI=1S/C23H27ClFNO2/c1-27-22-14-18(15-26-12-11-17-7-3-2-4-8-17)13-20(24)23(22)28-16-19-9-5-6-10-21(19)25/h5-7,9-10,13-14,26H,2-4,8,11-12,15-16H2,1H3. The molecule has 150 valence electrons. The van der Waals surface area contributed by atoms with E-state index < -0.39 is 0 Å². The van der Waals surface area contributed by atoms with Gasteiger partial charge in [-0.05, 0) is 62.4 Å². The average Bonchev–Trinajstić information content (AvgIpc) is 2.72. The second kappa shape index (κ2) is 10.5. The van der Waals surface area contributed by atoms with Crippen molar-refractivity contribution >= 4 is 11.6 Å². The van der Waals surface area contributed by atoms with Crippen LogP contribution in [0.4, 0.5) is 4.39 Å². The summed E-state index contributed by atoms with van der Waals surface area (Å²) in [5.74, 6) is 0.686.